The second-order valence-electron chi connectivity index (χ2n) is 7.12. The number of ether oxygens (including phenoxy) is 1. The van der Waals surface area contributed by atoms with E-state index in [1.807, 2.05) is 23.6 Å². The summed E-state index contributed by atoms with van der Waals surface area (Å²) in [6.45, 7) is 4.15. The van der Waals surface area contributed by atoms with Crippen molar-refractivity contribution in [1.29, 1.82) is 0 Å². The number of aryl methyl sites for hydroxylation is 1. The fraction of sp³-hybridized carbons (Fsp3) is 0.550. The molecular formula is C20H29N5O3. The molecule has 1 amide bonds. The Morgan fingerprint density at radius 1 is 1.29 bits per heavy atom. The van der Waals surface area contributed by atoms with Crippen molar-refractivity contribution in [2.45, 2.75) is 58.0 Å². The predicted molar refractivity (Wildman–Crippen MR) is 107 cm³/mol. The number of fused-ring (bicyclic) bond motifs is 1. The molecule has 0 aromatic carbocycles. The molecule has 28 heavy (non-hydrogen) atoms. The normalized spacial score (nSPS) is 19.4. The quantitative estimate of drug-likeness (QED) is 0.626. The lowest BCUT2D eigenvalue weighted by molar-refractivity contribution is -0.140. The fourth-order valence-electron chi connectivity index (χ4n) is 3.62. The maximum absolute atomic E-state index is 12.9. The van der Waals surface area contributed by atoms with Crippen LogP contribution in [0.1, 0.15) is 55.6 Å². The topological polar surface area (TPSA) is 111 Å². The third-order valence-corrected chi connectivity index (χ3v) is 5.11. The molecule has 0 unspecified atom stereocenters. The van der Waals surface area contributed by atoms with E-state index in [0.717, 1.165) is 31.4 Å². The molecule has 2 aromatic heterocycles. The van der Waals surface area contributed by atoms with Crippen molar-refractivity contribution in [1.82, 2.24) is 14.7 Å². The van der Waals surface area contributed by atoms with Gasteiger partial charge < -0.3 is 21.1 Å². The van der Waals surface area contributed by atoms with Crippen LogP contribution in [-0.2, 0) is 16.0 Å². The molecule has 0 radical (unpaired) electrons. The second kappa shape index (κ2) is 9.05. The van der Waals surface area contributed by atoms with Gasteiger partial charge in [0, 0.05) is 18.3 Å². The highest BCUT2D eigenvalue weighted by Gasteiger charge is 2.23. The number of hydrogen-bond donors (Lipinski definition) is 3. The summed E-state index contributed by atoms with van der Waals surface area (Å²) in [6, 6.07) is 3.98. The van der Waals surface area contributed by atoms with Gasteiger partial charge >= 0.3 is 5.97 Å². The first-order valence-electron chi connectivity index (χ1n) is 9.99. The predicted octanol–water partition coefficient (Wildman–Crippen LogP) is 1.87. The molecule has 0 saturated heterocycles. The van der Waals surface area contributed by atoms with E-state index < -0.39 is 0 Å². The molecule has 0 aliphatic heterocycles. The van der Waals surface area contributed by atoms with Gasteiger partial charge in [0.05, 0.1) is 17.9 Å². The summed E-state index contributed by atoms with van der Waals surface area (Å²) in [5.74, 6) is 0.253. The fourth-order valence-corrected chi connectivity index (χ4v) is 3.62. The minimum absolute atomic E-state index is 0.0490. The minimum atomic E-state index is -0.330. The van der Waals surface area contributed by atoms with Gasteiger partial charge in [-0.15, -0.1) is 0 Å². The molecule has 0 spiro atoms. The molecule has 1 saturated carbocycles. The van der Waals surface area contributed by atoms with Crippen LogP contribution in [0.3, 0.4) is 0 Å². The van der Waals surface area contributed by atoms with E-state index in [1.165, 1.54) is 0 Å². The van der Waals surface area contributed by atoms with Crippen LogP contribution in [0.2, 0.25) is 0 Å². The van der Waals surface area contributed by atoms with Crippen molar-refractivity contribution in [2.24, 2.45) is 5.73 Å². The molecule has 8 heteroatoms. The molecule has 3 rings (SSSR count). The van der Waals surface area contributed by atoms with Crippen LogP contribution in [0.4, 0.5) is 5.82 Å². The first-order valence-corrected chi connectivity index (χ1v) is 9.99. The lowest BCUT2D eigenvalue weighted by Crippen LogP contribution is -2.40. The molecule has 2 aromatic rings. The van der Waals surface area contributed by atoms with Crippen LogP contribution < -0.4 is 16.4 Å². The number of anilines is 1. The summed E-state index contributed by atoms with van der Waals surface area (Å²) in [5, 5.41) is 6.22. The van der Waals surface area contributed by atoms with Crippen LogP contribution in [-0.4, -0.2) is 46.5 Å². The molecule has 152 valence electrons. The number of pyridine rings is 1. The Hall–Kier alpha value is -2.61. The SMILES string of the molecule is CCOC(=O)CNc1c(CC)nc2c(C(=O)NC3CCC(N)CC3)cccn12. The Bertz CT molecular complexity index is 840. The average Bonchev–Trinajstić information content (AvgIpc) is 3.06. The largest absolute Gasteiger partial charge is 0.465 e. The van der Waals surface area contributed by atoms with Crippen molar-refractivity contribution >= 4 is 23.3 Å². The minimum Gasteiger partial charge on any atom is -0.465 e. The first kappa shape index (κ1) is 20.1. The number of carbonyl (C=O) groups excluding carboxylic acids is 2. The highest BCUT2D eigenvalue weighted by Crippen LogP contribution is 2.23. The van der Waals surface area contributed by atoms with Gasteiger partial charge in [-0.2, -0.15) is 0 Å². The van der Waals surface area contributed by atoms with E-state index in [1.54, 1.807) is 13.0 Å². The summed E-state index contributed by atoms with van der Waals surface area (Å²) in [4.78, 5) is 29.2. The van der Waals surface area contributed by atoms with E-state index in [-0.39, 0.29) is 30.5 Å². The summed E-state index contributed by atoms with van der Waals surface area (Å²) in [7, 11) is 0. The number of esters is 1. The van der Waals surface area contributed by atoms with Gasteiger partial charge in [-0.25, -0.2) is 4.98 Å². The molecule has 0 atom stereocenters. The zero-order valence-electron chi connectivity index (χ0n) is 16.5. The zero-order valence-corrected chi connectivity index (χ0v) is 16.5. The number of aromatic nitrogens is 2. The Kier molecular flexibility index (Phi) is 6.51. The lowest BCUT2D eigenvalue weighted by Gasteiger charge is -2.26. The number of imidazole rings is 1. The summed E-state index contributed by atoms with van der Waals surface area (Å²) in [5.41, 5.74) is 7.85. The first-order chi connectivity index (χ1) is 13.5. The number of rotatable bonds is 7. The molecule has 8 nitrogen and oxygen atoms in total. The number of carbonyl (C=O) groups is 2. The highest BCUT2D eigenvalue weighted by atomic mass is 16.5. The Labute approximate surface area is 164 Å². The monoisotopic (exact) mass is 387 g/mol. The van der Waals surface area contributed by atoms with Crippen LogP contribution >= 0.6 is 0 Å². The maximum atomic E-state index is 12.9. The molecule has 1 fully saturated rings. The van der Waals surface area contributed by atoms with E-state index in [9.17, 15) is 9.59 Å². The van der Waals surface area contributed by atoms with Gasteiger partial charge in [0.15, 0.2) is 5.65 Å². The van der Waals surface area contributed by atoms with Crippen LogP contribution in [0.25, 0.3) is 5.65 Å². The van der Waals surface area contributed by atoms with Crippen LogP contribution in [0.15, 0.2) is 18.3 Å². The third-order valence-electron chi connectivity index (χ3n) is 5.11. The van der Waals surface area contributed by atoms with Crippen molar-refractivity contribution < 1.29 is 14.3 Å². The number of nitrogens with zero attached hydrogens (tertiary/aromatic N) is 2. The van der Waals surface area contributed by atoms with Crippen LogP contribution in [0, 0.1) is 0 Å². The zero-order chi connectivity index (χ0) is 20.1. The van der Waals surface area contributed by atoms with Crippen molar-refractivity contribution in [3.63, 3.8) is 0 Å². The van der Waals surface area contributed by atoms with Crippen molar-refractivity contribution in [2.75, 3.05) is 18.5 Å². The molecule has 4 N–H and O–H groups in total. The standard InChI is InChI=1S/C20H29N5O3/c1-3-16-19(22-12-17(26)28-4-2)25-11-5-6-15(18(25)24-16)20(27)23-14-9-7-13(21)8-10-14/h5-6,11,13-14,22H,3-4,7-10,12,21H2,1-2H3,(H,23,27). The van der Waals surface area contributed by atoms with E-state index in [0.29, 0.717) is 30.1 Å². The molecule has 1 aliphatic rings. The number of nitrogens with one attached hydrogen (secondary N) is 2. The van der Waals surface area contributed by atoms with Gasteiger partial charge in [0.2, 0.25) is 0 Å². The van der Waals surface area contributed by atoms with Gasteiger partial charge in [-0.1, -0.05) is 6.92 Å². The smallest absolute Gasteiger partial charge is 0.325 e. The number of nitrogens with two attached hydrogens (primary N) is 1. The van der Waals surface area contributed by atoms with Gasteiger partial charge in [-0.05, 0) is 51.2 Å². The third kappa shape index (κ3) is 4.44. The summed E-state index contributed by atoms with van der Waals surface area (Å²) in [6.07, 6.45) is 6.18. The summed E-state index contributed by atoms with van der Waals surface area (Å²) >= 11 is 0. The van der Waals surface area contributed by atoms with Crippen molar-refractivity contribution in [3.05, 3.63) is 29.6 Å². The van der Waals surface area contributed by atoms with Crippen LogP contribution in [0.5, 0.6) is 0 Å². The maximum Gasteiger partial charge on any atom is 0.325 e. The van der Waals surface area contributed by atoms with E-state index >= 15 is 0 Å². The van der Waals surface area contributed by atoms with E-state index in [4.69, 9.17) is 10.5 Å². The Balaban J connectivity index is 1.82. The van der Waals surface area contributed by atoms with Crippen molar-refractivity contribution in [3.8, 4) is 0 Å². The number of hydrogen-bond acceptors (Lipinski definition) is 6. The lowest BCUT2D eigenvalue weighted by atomic mass is 9.91. The summed E-state index contributed by atoms with van der Waals surface area (Å²) < 4.78 is 6.80. The molecule has 0 bridgehead atoms. The Morgan fingerprint density at radius 3 is 2.71 bits per heavy atom. The molecular weight excluding hydrogens is 358 g/mol. The average molecular weight is 387 g/mol. The second-order valence-corrected chi connectivity index (χ2v) is 7.12. The van der Waals surface area contributed by atoms with E-state index in [2.05, 4.69) is 15.6 Å². The Morgan fingerprint density at radius 2 is 2.04 bits per heavy atom. The van der Waals surface area contributed by atoms with Gasteiger partial charge in [0.1, 0.15) is 12.4 Å². The number of amides is 1. The van der Waals surface area contributed by atoms with Gasteiger partial charge in [-0.3, -0.25) is 14.0 Å². The van der Waals surface area contributed by atoms with Gasteiger partial charge in [0.25, 0.3) is 5.91 Å². The highest BCUT2D eigenvalue weighted by molar-refractivity contribution is 6.00. The molecule has 2 heterocycles. The molecule has 1 aliphatic carbocycles.